The van der Waals surface area contributed by atoms with Crippen LogP contribution in [0.2, 0.25) is 0 Å². The highest BCUT2D eigenvalue weighted by Crippen LogP contribution is 2.23. The summed E-state index contributed by atoms with van der Waals surface area (Å²) in [5, 5.41) is 5.45. The summed E-state index contributed by atoms with van der Waals surface area (Å²) in [6, 6.07) is 12.8. The molecule has 0 aliphatic carbocycles. The van der Waals surface area contributed by atoms with Gasteiger partial charge in [-0.05, 0) is 42.2 Å². The molecule has 2 N–H and O–H groups in total. The molecule has 0 bridgehead atoms. The largest absolute Gasteiger partial charge is 0.451 e. The summed E-state index contributed by atoms with van der Waals surface area (Å²) in [6.07, 6.45) is 2.60. The predicted molar refractivity (Wildman–Crippen MR) is 129 cm³/mol. The Hall–Kier alpha value is -3.46. The number of aromatic nitrogens is 1. The average Bonchev–Trinajstić information content (AvgIpc) is 3.28. The molecule has 0 aliphatic rings. The zero-order valence-corrected chi connectivity index (χ0v) is 20.5. The molecule has 34 heavy (non-hydrogen) atoms. The fraction of sp³-hybridized carbons (Fsp3) is 0.320. The van der Waals surface area contributed by atoms with Gasteiger partial charge in [-0.3, -0.25) is 9.59 Å². The normalized spacial score (nSPS) is 12.7. The van der Waals surface area contributed by atoms with Gasteiger partial charge in [0, 0.05) is 12.1 Å². The molecule has 0 saturated heterocycles. The van der Waals surface area contributed by atoms with Gasteiger partial charge in [-0.15, -0.1) is 0 Å². The third-order valence-electron chi connectivity index (χ3n) is 4.95. The lowest BCUT2D eigenvalue weighted by Gasteiger charge is -2.19. The Kier molecular flexibility index (Phi) is 7.56. The number of nitrogens with zero attached hydrogens (tertiary/aromatic N) is 1. The molecule has 0 spiro atoms. The van der Waals surface area contributed by atoms with Crippen molar-refractivity contribution >= 4 is 27.3 Å². The molecule has 1 aromatic heterocycles. The van der Waals surface area contributed by atoms with E-state index in [4.69, 9.17) is 4.42 Å². The van der Waals surface area contributed by atoms with Crippen LogP contribution in [-0.2, 0) is 21.1 Å². The van der Waals surface area contributed by atoms with Crippen LogP contribution in [0.3, 0.4) is 0 Å². The minimum Gasteiger partial charge on any atom is -0.451 e. The van der Waals surface area contributed by atoms with Crippen LogP contribution in [0.4, 0.5) is 5.69 Å². The van der Waals surface area contributed by atoms with Crippen LogP contribution in [0, 0.1) is 12.3 Å². The summed E-state index contributed by atoms with van der Waals surface area (Å²) in [5.74, 6) is -0.967. The summed E-state index contributed by atoms with van der Waals surface area (Å²) >= 11 is 0. The second-order valence-electron chi connectivity index (χ2n) is 9.42. The maximum absolute atomic E-state index is 13.1. The van der Waals surface area contributed by atoms with Crippen LogP contribution < -0.4 is 10.6 Å². The molecular formula is C25H29N3O5S. The lowest BCUT2D eigenvalue weighted by atomic mass is 10.0. The van der Waals surface area contributed by atoms with Crippen molar-refractivity contribution in [1.82, 2.24) is 10.3 Å². The number of hydrogen-bond acceptors (Lipinski definition) is 6. The molecule has 180 valence electrons. The van der Waals surface area contributed by atoms with Gasteiger partial charge in [0.25, 0.3) is 5.91 Å². The van der Waals surface area contributed by atoms with Crippen molar-refractivity contribution in [3.8, 4) is 0 Å². The number of oxazole rings is 1. The van der Waals surface area contributed by atoms with Crippen LogP contribution in [0.25, 0.3) is 0 Å². The molecule has 0 unspecified atom stereocenters. The van der Waals surface area contributed by atoms with Gasteiger partial charge in [0.15, 0.2) is 21.9 Å². The van der Waals surface area contributed by atoms with Crippen molar-refractivity contribution in [2.24, 2.45) is 5.41 Å². The van der Waals surface area contributed by atoms with E-state index in [1.165, 1.54) is 30.5 Å². The van der Waals surface area contributed by atoms with Gasteiger partial charge in [-0.25, -0.2) is 13.4 Å². The maximum atomic E-state index is 13.1. The highest BCUT2D eigenvalue weighted by molar-refractivity contribution is 7.91. The van der Waals surface area contributed by atoms with Crippen molar-refractivity contribution in [2.75, 3.05) is 11.1 Å². The van der Waals surface area contributed by atoms with E-state index in [9.17, 15) is 18.0 Å². The third-order valence-corrected chi connectivity index (χ3v) is 7.19. The molecule has 1 heterocycles. The van der Waals surface area contributed by atoms with Gasteiger partial charge < -0.3 is 15.1 Å². The molecule has 0 fully saturated rings. The molecule has 3 aromatic rings. The summed E-state index contributed by atoms with van der Waals surface area (Å²) in [7, 11) is -3.45. The first-order chi connectivity index (χ1) is 15.9. The van der Waals surface area contributed by atoms with Crippen LogP contribution in [0.5, 0.6) is 0 Å². The van der Waals surface area contributed by atoms with Crippen molar-refractivity contribution in [3.05, 3.63) is 78.0 Å². The van der Waals surface area contributed by atoms with Gasteiger partial charge in [0.05, 0.1) is 10.6 Å². The van der Waals surface area contributed by atoms with Gasteiger partial charge in [-0.2, -0.15) is 0 Å². The zero-order chi connectivity index (χ0) is 24.9. The zero-order valence-electron chi connectivity index (χ0n) is 19.7. The topological polar surface area (TPSA) is 118 Å². The van der Waals surface area contributed by atoms with E-state index in [1.54, 1.807) is 0 Å². The quantitative estimate of drug-likeness (QED) is 0.503. The van der Waals surface area contributed by atoms with Crippen molar-refractivity contribution in [3.63, 3.8) is 0 Å². The smallest absolute Gasteiger partial charge is 0.273 e. The molecule has 8 nitrogen and oxygen atoms in total. The van der Waals surface area contributed by atoms with Crippen molar-refractivity contribution < 1.29 is 22.4 Å². The number of nitrogens with one attached hydrogen (secondary N) is 2. The summed E-state index contributed by atoms with van der Waals surface area (Å²) < 4.78 is 30.1. The Morgan fingerprint density at radius 2 is 1.68 bits per heavy atom. The number of carbonyl (C=O) groups excluding carboxylic acids is 2. The van der Waals surface area contributed by atoms with E-state index in [1.807, 2.05) is 52.0 Å². The van der Waals surface area contributed by atoms with Crippen molar-refractivity contribution in [1.29, 1.82) is 0 Å². The van der Waals surface area contributed by atoms with Crippen LogP contribution in [0.1, 0.15) is 42.4 Å². The Morgan fingerprint density at radius 1 is 1.03 bits per heavy atom. The second kappa shape index (κ2) is 10.2. The van der Waals surface area contributed by atoms with E-state index in [0.29, 0.717) is 5.69 Å². The Labute approximate surface area is 199 Å². The second-order valence-corrected chi connectivity index (χ2v) is 11.4. The number of amides is 2. The Bertz CT molecular complexity index is 1230. The SMILES string of the molecule is Cc1ccc(C[C@H](NC(=O)c2cocn2)C(=O)Nc2ccc(S(=O)(=O)CC(C)(C)C)cc2)cc1. The van der Waals surface area contributed by atoms with Crippen molar-refractivity contribution in [2.45, 2.75) is 45.1 Å². The van der Waals surface area contributed by atoms with E-state index < -0.39 is 27.7 Å². The van der Waals surface area contributed by atoms with Gasteiger partial charge >= 0.3 is 0 Å². The number of benzene rings is 2. The highest BCUT2D eigenvalue weighted by atomic mass is 32.2. The summed E-state index contributed by atoms with van der Waals surface area (Å²) in [4.78, 5) is 29.6. The molecule has 0 aliphatic heterocycles. The lowest BCUT2D eigenvalue weighted by molar-refractivity contribution is -0.118. The van der Waals surface area contributed by atoms with E-state index in [0.717, 1.165) is 17.5 Å². The summed E-state index contributed by atoms with van der Waals surface area (Å²) in [5.41, 5.74) is 2.06. The van der Waals surface area contributed by atoms with E-state index >= 15 is 0 Å². The van der Waals surface area contributed by atoms with Crippen LogP contribution in [0.15, 0.2) is 70.5 Å². The molecule has 2 aromatic carbocycles. The molecular weight excluding hydrogens is 454 g/mol. The van der Waals surface area contributed by atoms with Gasteiger partial charge in [-0.1, -0.05) is 50.6 Å². The fourth-order valence-corrected chi connectivity index (χ4v) is 5.21. The fourth-order valence-electron chi connectivity index (χ4n) is 3.35. The van der Waals surface area contributed by atoms with E-state index in [-0.39, 0.29) is 28.2 Å². The average molecular weight is 484 g/mol. The number of carbonyl (C=O) groups is 2. The minimum atomic E-state index is -3.45. The lowest BCUT2D eigenvalue weighted by Crippen LogP contribution is -2.45. The Morgan fingerprint density at radius 3 is 2.24 bits per heavy atom. The molecule has 0 saturated carbocycles. The number of hydrogen-bond donors (Lipinski definition) is 2. The first-order valence-electron chi connectivity index (χ1n) is 10.8. The number of aryl methyl sites for hydroxylation is 1. The van der Waals surface area contributed by atoms with Gasteiger partial charge in [0.1, 0.15) is 12.3 Å². The van der Waals surface area contributed by atoms with E-state index in [2.05, 4.69) is 15.6 Å². The minimum absolute atomic E-state index is 0.0123. The standard InChI is InChI=1S/C25H29N3O5S/c1-17-5-7-18(8-6-17)13-21(28-24(30)22-14-33-16-26-22)23(29)27-19-9-11-20(12-10-19)34(31,32)15-25(2,3)4/h5-12,14,16,21H,13,15H2,1-4H3,(H,27,29)(H,28,30)/t21-/m0/s1. The molecule has 2 amide bonds. The van der Waals surface area contributed by atoms with Gasteiger partial charge in [0.2, 0.25) is 5.91 Å². The molecule has 3 rings (SSSR count). The van der Waals surface area contributed by atoms with Crippen LogP contribution in [-0.4, -0.2) is 37.0 Å². The number of anilines is 1. The van der Waals surface area contributed by atoms with Crippen LogP contribution >= 0.6 is 0 Å². The molecule has 9 heteroatoms. The number of rotatable bonds is 8. The monoisotopic (exact) mass is 483 g/mol. The first-order valence-corrected chi connectivity index (χ1v) is 12.5. The third kappa shape index (κ3) is 7.02. The Balaban J connectivity index is 1.76. The molecule has 1 atom stereocenters. The number of sulfone groups is 1. The maximum Gasteiger partial charge on any atom is 0.273 e. The predicted octanol–water partition coefficient (Wildman–Crippen LogP) is 3.78. The molecule has 0 radical (unpaired) electrons. The first kappa shape index (κ1) is 25.2. The highest BCUT2D eigenvalue weighted by Gasteiger charge is 2.25. The summed E-state index contributed by atoms with van der Waals surface area (Å²) in [6.45, 7) is 7.55.